The molecule has 0 unspecified atom stereocenters. The third-order valence-corrected chi connectivity index (χ3v) is 5.48. The highest BCUT2D eigenvalue weighted by atomic mass is 35.5. The number of carbonyl (C=O) groups excluding carboxylic acids is 1. The number of ether oxygens (including phenoxy) is 2. The minimum atomic E-state index is -0.114. The monoisotopic (exact) mass is 447 g/mol. The normalized spacial score (nSPS) is 10.6. The molecule has 0 spiro atoms. The molecule has 1 heterocycles. The van der Waals surface area contributed by atoms with Crippen molar-refractivity contribution >= 4 is 29.3 Å². The van der Waals surface area contributed by atoms with E-state index in [-0.39, 0.29) is 11.7 Å². The zero-order valence-electron chi connectivity index (χ0n) is 16.6. The third kappa shape index (κ3) is 5.37. The van der Waals surface area contributed by atoms with Crippen molar-refractivity contribution in [1.29, 1.82) is 0 Å². The quantitative estimate of drug-likeness (QED) is 0.384. The second kappa shape index (κ2) is 10.2. The number of thioether (sulfide) groups is 1. The van der Waals surface area contributed by atoms with Crippen LogP contribution in [0.4, 0.5) is 0 Å². The number of carbonyl (C=O) groups is 1. The first-order valence-corrected chi connectivity index (χ1v) is 10.4. The Balaban J connectivity index is 1.49. The summed E-state index contributed by atoms with van der Waals surface area (Å²) in [6.07, 6.45) is 0.671. The Kier molecular flexibility index (Phi) is 7.42. The molecule has 0 saturated heterocycles. The van der Waals surface area contributed by atoms with Gasteiger partial charge in [-0.2, -0.15) is 0 Å². The number of amides is 1. The first kappa shape index (κ1) is 21.8. The molecule has 0 aliphatic heterocycles. The standard InChI is InChI=1S/C20H22ClN5O3S/c1-28-16-8-3-13(11-17(16)29-2)9-10-23-18(27)12-30-20-25-24-19(26(20)22)14-4-6-15(21)7-5-14/h3-8,11H,9-10,12,22H2,1-2H3,(H,23,27). The van der Waals surface area contributed by atoms with E-state index in [0.29, 0.717) is 40.5 Å². The van der Waals surface area contributed by atoms with Crippen LogP contribution < -0.4 is 20.6 Å². The largest absolute Gasteiger partial charge is 0.493 e. The Morgan fingerprint density at radius 1 is 1.13 bits per heavy atom. The number of nitrogen functional groups attached to an aromatic ring is 1. The minimum Gasteiger partial charge on any atom is -0.493 e. The molecule has 0 aliphatic carbocycles. The molecule has 3 N–H and O–H groups in total. The van der Waals surface area contributed by atoms with Crippen LogP contribution in [0.25, 0.3) is 11.4 Å². The van der Waals surface area contributed by atoms with Gasteiger partial charge in [0.05, 0.1) is 20.0 Å². The van der Waals surface area contributed by atoms with Crippen LogP contribution in [0.5, 0.6) is 11.5 Å². The Bertz CT molecular complexity index is 1010. The molecule has 10 heteroatoms. The van der Waals surface area contributed by atoms with Gasteiger partial charge in [0.1, 0.15) is 0 Å². The number of methoxy groups -OCH3 is 2. The molecule has 0 atom stereocenters. The minimum absolute atomic E-state index is 0.114. The van der Waals surface area contributed by atoms with E-state index >= 15 is 0 Å². The van der Waals surface area contributed by atoms with E-state index in [1.165, 1.54) is 16.4 Å². The smallest absolute Gasteiger partial charge is 0.230 e. The average Bonchev–Trinajstić information content (AvgIpc) is 3.13. The molecule has 0 aliphatic rings. The van der Waals surface area contributed by atoms with Crippen LogP contribution in [0.3, 0.4) is 0 Å². The molecule has 2 aromatic carbocycles. The van der Waals surface area contributed by atoms with Crippen molar-refractivity contribution in [3.63, 3.8) is 0 Å². The lowest BCUT2D eigenvalue weighted by molar-refractivity contribution is -0.118. The van der Waals surface area contributed by atoms with Crippen LogP contribution in [-0.2, 0) is 11.2 Å². The molecule has 0 fully saturated rings. The number of hydrogen-bond donors (Lipinski definition) is 2. The maximum absolute atomic E-state index is 12.2. The van der Waals surface area contributed by atoms with Gasteiger partial charge in [0, 0.05) is 17.1 Å². The number of nitrogens with zero attached hydrogens (tertiary/aromatic N) is 3. The van der Waals surface area contributed by atoms with Crippen molar-refractivity contribution in [2.24, 2.45) is 0 Å². The van der Waals surface area contributed by atoms with E-state index in [1.807, 2.05) is 30.3 Å². The molecule has 3 rings (SSSR count). The summed E-state index contributed by atoms with van der Waals surface area (Å²) < 4.78 is 11.9. The fraction of sp³-hybridized carbons (Fsp3) is 0.250. The maximum atomic E-state index is 12.2. The first-order chi connectivity index (χ1) is 14.5. The fourth-order valence-electron chi connectivity index (χ4n) is 2.73. The van der Waals surface area contributed by atoms with Gasteiger partial charge in [-0.15, -0.1) is 10.2 Å². The van der Waals surface area contributed by atoms with Gasteiger partial charge in [0.2, 0.25) is 11.1 Å². The second-order valence-corrected chi connectivity index (χ2v) is 7.64. The van der Waals surface area contributed by atoms with Gasteiger partial charge in [-0.25, -0.2) is 4.68 Å². The van der Waals surface area contributed by atoms with E-state index in [0.717, 1.165) is 11.1 Å². The lowest BCUT2D eigenvalue weighted by atomic mass is 10.1. The highest BCUT2D eigenvalue weighted by Gasteiger charge is 2.14. The molecule has 1 amide bonds. The average molecular weight is 448 g/mol. The Hall–Kier alpha value is -2.91. The van der Waals surface area contributed by atoms with Crippen LogP contribution in [0.1, 0.15) is 5.56 Å². The van der Waals surface area contributed by atoms with Crippen molar-refractivity contribution in [3.8, 4) is 22.9 Å². The molecule has 0 saturated carbocycles. The SMILES string of the molecule is COc1ccc(CCNC(=O)CSc2nnc(-c3ccc(Cl)cc3)n2N)cc1OC. The molecule has 1 aromatic heterocycles. The molecular formula is C20H22ClN5O3S. The summed E-state index contributed by atoms with van der Waals surface area (Å²) in [5.74, 6) is 7.98. The predicted octanol–water partition coefficient (Wildman–Crippen LogP) is 2.78. The number of nitrogens with two attached hydrogens (primary N) is 1. The number of nitrogens with one attached hydrogen (secondary N) is 1. The lowest BCUT2D eigenvalue weighted by Gasteiger charge is -2.10. The number of rotatable bonds is 9. The van der Waals surface area contributed by atoms with Crippen molar-refractivity contribution in [1.82, 2.24) is 20.2 Å². The van der Waals surface area contributed by atoms with E-state index < -0.39 is 0 Å². The van der Waals surface area contributed by atoms with Gasteiger partial charge in [-0.05, 0) is 48.4 Å². The summed E-state index contributed by atoms with van der Waals surface area (Å²) in [4.78, 5) is 12.2. The van der Waals surface area contributed by atoms with E-state index in [2.05, 4.69) is 15.5 Å². The van der Waals surface area contributed by atoms with E-state index in [9.17, 15) is 4.79 Å². The highest BCUT2D eigenvalue weighted by molar-refractivity contribution is 7.99. The summed E-state index contributed by atoms with van der Waals surface area (Å²) in [7, 11) is 3.19. The van der Waals surface area contributed by atoms with Crippen molar-refractivity contribution in [2.75, 3.05) is 32.4 Å². The third-order valence-electron chi connectivity index (χ3n) is 4.28. The predicted molar refractivity (Wildman–Crippen MR) is 118 cm³/mol. The van der Waals surface area contributed by atoms with E-state index in [4.69, 9.17) is 26.9 Å². The maximum Gasteiger partial charge on any atom is 0.230 e. The first-order valence-electron chi connectivity index (χ1n) is 9.08. The summed E-state index contributed by atoms with van der Waals surface area (Å²) in [6, 6.07) is 12.8. The summed E-state index contributed by atoms with van der Waals surface area (Å²) >= 11 is 7.12. The van der Waals surface area contributed by atoms with Crippen LogP contribution >= 0.6 is 23.4 Å². The number of hydrogen-bond acceptors (Lipinski definition) is 7. The van der Waals surface area contributed by atoms with Crippen molar-refractivity contribution in [2.45, 2.75) is 11.6 Å². The zero-order valence-corrected chi connectivity index (χ0v) is 18.2. The van der Waals surface area contributed by atoms with Gasteiger partial charge < -0.3 is 20.6 Å². The van der Waals surface area contributed by atoms with Gasteiger partial charge in [0.15, 0.2) is 17.3 Å². The molecular weight excluding hydrogens is 426 g/mol. The second-order valence-electron chi connectivity index (χ2n) is 6.26. The van der Waals surface area contributed by atoms with Crippen LogP contribution in [-0.4, -0.2) is 47.3 Å². The van der Waals surface area contributed by atoms with Crippen molar-refractivity contribution in [3.05, 3.63) is 53.1 Å². The summed E-state index contributed by atoms with van der Waals surface area (Å²) in [5, 5.41) is 12.1. The van der Waals surface area contributed by atoms with Crippen molar-refractivity contribution < 1.29 is 14.3 Å². The van der Waals surface area contributed by atoms with Crippen LogP contribution in [0, 0.1) is 0 Å². The molecule has 0 radical (unpaired) electrons. The topological polar surface area (TPSA) is 104 Å². The number of halogens is 1. The molecule has 3 aromatic rings. The van der Waals surface area contributed by atoms with Gasteiger partial charge in [0.25, 0.3) is 0 Å². The number of aromatic nitrogens is 3. The van der Waals surface area contributed by atoms with Crippen LogP contribution in [0.15, 0.2) is 47.6 Å². The lowest BCUT2D eigenvalue weighted by Crippen LogP contribution is -2.27. The Morgan fingerprint density at radius 3 is 2.57 bits per heavy atom. The molecule has 30 heavy (non-hydrogen) atoms. The molecule has 8 nitrogen and oxygen atoms in total. The summed E-state index contributed by atoms with van der Waals surface area (Å²) in [5.41, 5.74) is 1.83. The summed E-state index contributed by atoms with van der Waals surface area (Å²) in [6.45, 7) is 0.500. The highest BCUT2D eigenvalue weighted by Crippen LogP contribution is 2.27. The number of benzene rings is 2. The van der Waals surface area contributed by atoms with Gasteiger partial charge in [-0.1, -0.05) is 29.4 Å². The van der Waals surface area contributed by atoms with Gasteiger partial charge >= 0.3 is 0 Å². The molecule has 0 bridgehead atoms. The Morgan fingerprint density at radius 2 is 1.87 bits per heavy atom. The fourth-order valence-corrected chi connectivity index (χ4v) is 3.55. The van der Waals surface area contributed by atoms with Crippen LogP contribution in [0.2, 0.25) is 5.02 Å². The molecule has 158 valence electrons. The van der Waals surface area contributed by atoms with Gasteiger partial charge in [-0.3, -0.25) is 4.79 Å². The Labute approximate surface area is 183 Å². The zero-order chi connectivity index (χ0) is 21.5. The van der Waals surface area contributed by atoms with E-state index in [1.54, 1.807) is 26.4 Å².